The predicted octanol–water partition coefficient (Wildman–Crippen LogP) is 3.67. The molecule has 0 saturated heterocycles. The van der Waals surface area contributed by atoms with E-state index in [1.165, 1.54) is 32.1 Å². The van der Waals surface area contributed by atoms with Crippen molar-refractivity contribution in [3.8, 4) is 0 Å². The minimum atomic E-state index is 0.0219. The van der Waals surface area contributed by atoms with Crippen LogP contribution in [0.5, 0.6) is 0 Å². The molecule has 1 aromatic heterocycles. The molecule has 1 fully saturated rings. The van der Waals surface area contributed by atoms with E-state index in [9.17, 15) is 4.79 Å². The largest absolute Gasteiger partial charge is 0.326 e. The van der Waals surface area contributed by atoms with Gasteiger partial charge in [-0.2, -0.15) is 0 Å². The molecule has 0 amide bonds. The molecular weight excluding hydrogens is 292 g/mol. The van der Waals surface area contributed by atoms with Gasteiger partial charge in [0.1, 0.15) is 0 Å². The third-order valence-corrected chi connectivity index (χ3v) is 4.39. The number of imidazole rings is 1. The maximum absolute atomic E-state index is 12.0. The molecule has 0 radical (unpaired) electrons. The first-order valence-electron chi connectivity index (χ1n) is 6.62. The van der Waals surface area contributed by atoms with Gasteiger partial charge >= 0.3 is 5.69 Å². The Morgan fingerprint density at radius 3 is 2.83 bits per heavy atom. The smallest absolute Gasteiger partial charge is 0.305 e. The summed E-state index contributed by atoms with van der Waals surface area (Å²) in [5.41, 5.74) is 1.97. The summed E-state index contributed by atoms with van der Waals surface area (Å²) in [7, 11) is 0. The third-order valence-electron chi connectivity index (χ3n) is 3.90. The highest BCUT2D eigenvalue weighted by molar-refractivity contribution is 9.10. The summed E-state index contributed by atoms with van der Waals surface area (Å²) in [5, 5.41) is 0. The summed E-state index contributed by atoms with van der Waals surface area (Å²) in [4.78, 5) is 15.0. The average molecular weight is 309 g/mol. The van der Waals surface area contributed by atoms with Gasteiger partial charge in [0.15, 0.2) is 0 Å². The first-order valence-corrected chi connectivity index (χ1v) is 7.41. The molecule has 1 aliphatic rings. The molecule has 0 unspecified atom stereocenters. The Morgan fingerprint density at radius 2 is 2.06 bits per heavy atom. The fourth-order valence-corrected chi connectivity index (χ4v) is 3.31. The van der Waals surface area contributed by atoms with E-state index in [1.54, 1.807) is 0 Å². The van der Waals surface area contributed by atoms with Crippen LogP contribution in [0.4, 0.5) is 0 Å². The SMILES string of the molecule is O=c1[nH]c2cc(Br)ccc2n1CC1CCCCC1. The maximum atomic E-state index is 12.0. The lowest BCUT2D eigenvalue weighted by atomic mass is 9.89. The van der Waals surface area contributed by atoms with Crippen molar-refractivity contribution in [2.75, 3.05) is 0 Å². The van der Waals surface area contributed by atoms with Gasteiger partial charge in [-0.3, -0.25) is 4.57 Å². The van der Waals surface area contributed by atoms with Crippen molar-refractivity contribution < 1.29 is 0 Å². The monoisotopic (exact) mass is 308 g/mol. The standard InChI is InChI=1S/C14H17BrN2O/c15-11-6-7-13-12(8-11)16-14(18)17(13)9-10-4-2-1-3-5-10/h6-8,10H,1-5,9H2,(H,16,18). The average Bonchev–Trinajstić information content (AvgIpc) is 2.66. The molecule has 3 rings (SSSR count). The molecular formula is C14H17BrN2O. The number of aromatic nitrogens is 2. The van der Waals surface area contributed by atoms with Crippen LogP contribution < -0.4 is 5.69 Å². The van der Waals surface area contributed by atoms with Gasteiger partial charge in [-0.15, -0.1) is 0 Å². The Balaban J connectivity index is 1.95. The zero-order chi connectivity index (χ0) is 12.5. The van der Waals surface area contributed by atoms with Crippen molar-refractivity contribution >= 4 is 27.0 Å². The van der Waals surface area contributed by atoms with Crippen LogP contribution in [-0.2, 0) is 6.54 Å². The second-order valence-electron chi connectivity index (χ2n) is 5.21. The van der Waals surface area contributed by atoms with Gasteiger partial charge in [0, 0.05) is 11.0 Å². The lowest BCUT2D eigenvalue weighted by molar-refractivity contribution is 0.319. The van der Waals surface area contributed by atoms with Crippen LogP contribution in [0.15, 0.2) is 27.5 Å². The fraction of sp³-hybridized carbons (Fsp3) is 0.500. The van der Waals surface area contributed by atoms with Crippen molar-refractivity contribution in [1.82, 2.24) is 9.55 Å². The highest BCUT2D eigenvalue weighted by Crippen LogP contribution is 2.26. The van der Waals surface area contributed by atoms with Crippen LogP contribution in [-0.4, -0.2) is 9.55 Å². The molecule has 0 spiro atoms. The fourth-order valence-electron chi connectivity index (χ4n) is 2.95. The van der Waals surface area contributed by atoms with E-state index in [0.29, 0.717) is 5.92 Å². The van der Waals surface area contributed by atoms with Crippen LogP contribution in [0, 0.1) is 5.92 Å². The second-order valence-corrected chi connectivity index (χ2v) is 6.12. The Hall–Kier alpha value is -1.03. The molecule has 18 heavy (non-hydrogen) atoms. The topological polar surface area (TPSA) is 37.8 Å². The third kappa shape index (κ3) is 2.26. The van der Waals surface area contributed by atoms with E-state index in [2.05, 4.69) is 20.9 Å². The van der Waals surface area contributed by atoms with Gasteiger partial charge < -0.3 is 4.98 Å². The number of aromatic amines is 1. The zero-order valence-electron chi connectivity index (χ0n) is 10.3. The number of fused-ring (bicyclic) bond motifs is 1. The molecule has 0 atom stereocenters. The zero-order valence-corrected chi connectivity index (χ0v) is 11.9. The number of rotatable bonds is 2. The van der Waals surface area contributed by atoms with Gasteiger partial charge in [-0.25, -0.2) is 4.79 Å². The molecule has 3 nitrogen and oxygen atoms in total. The summed E-state index contributed by atoms with van der Waals surface area (Å²) in [6, 6.07) is 5.97. The Bertz CT molecular complexity index is 608. The predicted molar refractivity (Wildman–Crippen MR) is 76.8 cm³/mol. The number of H-pyrrole nitrogens is 1. The van der Waals surface area contributed by atoms with E-state index in [4.69, 9.17) is 0 Å². The summed E-state index contributed by atoms with van der Waals surface area (Å²) in [5.74, 6) is 0.666. The summed E-state index contributed by atoms with van der Waals surface area (Å²) >= 11 is 3.43. The van der Waals surface area contributed by atoms with Gasteiger partial charge in [0.25, 0.3) is 0 Å². The molecule has 2 aromatic rings. The molecule has 1 aliphatic carbocycles. The minimum Gasteiger partial charge on any atom is -0.305 e. The molecule has 1 N–H and O–H groups in total. The van der Waals surface area contributed by atoms with E-state index >= 15 is 0 Å². The van der Waals surface area contributed by atoms with Crippen molar-refractivity contribution in [1.29, 1.82) is 0 Å². The molecule has 0 aliphatic heterocycles. The van der Waals surface area contributed by atoms with E-state index in [-0.39, 0.29) is 5.69 Å². The highest BCUT2D eigenvalue weighted by Gasteiger charge is 2.16. The summed E-state index contributed by atoms with van der Waals surface area (Å²) in [6.45, 7) is 0.862. The normalized spacial score (nSPS) is 17.4. The van der Waals surface area contributed by atoms with Crippen molar-refractivity contribution in [2.24, 2.45) is 5.92 Å². The maximum Gasteiger partial charge on any atom is 0.326 e. The van der Waals surface area contributed by atoms with Crippen LogP contribution in [0.25, 0.3) is 11.0 Å². The quantitative estimate of drug-likeness (QED) is 0.903. The van der Waals surface area contributed by atoms with E-state index < -0.39 is 0 Å². The van der Waals surface area contributed by atoms with Crippen molar-refractivity contribution in [3.05, 3.63) is 33.2 Å². The van der Waals surface area contributed by atoms with Crippen LogP contribution in [0.1, 0.15) is 32.1 Å². The summed E-state index contributed by atoms with van der Waals surface area (Å²) < 4.78 is 2.90. The van der Waals surface area contributed by atoms with Gasteiger partial charge in [0.05, 0.1) is 11.0 Å². The molecule has 1 aromatic carbocycles. The summed E-state index contributed by atoms with van der Waals surface area (Å²) in [6.07, 6.45) is 6.50. The lowest BCUT2D eigenvalue weighted by Gasteiger charge is -2.21. The molecule has 96 valence electrons. The number of nitrogens with one attached hydrogen (secondary N) is 1. The van der Waals surface area contributed by atoms with Gasteiger partial charge in [-0.05, 0) is 37.0 Å². The number of benzene rings is 1. The first-order chi connectivity index (χ1) is 8.74. The van der Waals surface area contributed by atoms with E-state index in [1.807, 2.05) is 22.8 Å². The molecule has 0 bridgehead atoms. The Labute approximate surface area is 114 Å². The number of halogens is 1. The molecule has 1 saturated carbocycles. The highest BCUT2D eigenvalue weighted by atomic mass is 79.9. The van der Waals surface area contributed by atoms with E-state index in [0.717, 1.165) is 22.1 Å². The van der Waals surface area contributed by atoms with Gasteiger partial charge in [-0.1, -0.05) is 35.2 Å². The second kappa shape index (κ2) is 4.92. The molecule has 1 heterocycles. The number of nitrogens with zero attached hydrogens (tertiary/aromatic N) is 1. The van der Waals surface area contributed by atoms with Crippen molar-refractivity contribution in [3.63, 3.8) is 0 Å². The minimum absolute atomic E-state index is 0.0219. The van der Waals surface area contributed by atoms with Crippen LogP contribution in [0.2, 0.25) is 0 Å². The Kier molecular flexibility index (Phi) is 3.29. The first kappa shape index (κ1) is 12.0. The van der Waals surface area contributed by atoms with Crippen LogP contribution in [0.3, 0.4) is 0 Å². The molecule has 4 heteroatoms. The Morgan fingerprint density at radius 1 is 1.28 bits per heavy atom. The number of hydrogen-bond acceptors (Lipinski definition) is 1. The van der Waals surface area contributed by atoms with Crippen LogP contribution >= 0.6 is 15.9 Å². The van der Waals surface area contributed by atoms with Crippen molar-refractivity contribution in [2.45, 2.75) is 38.6 Å². The lowest BCUT2D eigenvalue weighted by Crippen LogP contribution is -2.22. The van der Waals surface area contributed by atoms with Gasteiger partial charge in [0.2, 0.25) is 0 Å². The number of hydrogen-bond donors (Lipinski definition) is 1.